The fourth-order valence-corrected chi connectivity index (χ4v) is 3.51. The second-order valence-electron chi connectivity index (χ2n) is 5.28. The van der Waals surface area contributed by atoms with Crippen molar-refractivity contribution in [2.24, 2.45) is 0 Å². The van der Waals surface area contributed by atoms with E-state index in [0.29, 0.717) is 5.92 Å². The zero-order chi connectivity index (χ0) is 13.9. The van der Waals surface area contributed by atoms with Crippen molar-refractivity contribution in [1.82, 2.24) is 5.32 Å². The Morgan fingerprint density at radius 3 is 2.70 bits per heavy atom. The topological polar surface area (TPSA) is 12.0 Å². The third kappa shape index (κ3) is 2.79. The molecule has 0 saturated carbocycles. The number of benzene rings is 2. The van der Waals surface area contributed by atoms with Crippen molar-refractivity contribution in [2.75, 3.05) is 13.1 Å². The van der Waals surface area contributed by atoms with Crippen LogP contribution in [-0.2, 0) is 0 Å². The summed E-state index contributed by atoms with van der Waals surface area (Å²) in [5, 5.41) is 3.40. The molecule has 3 rings (SSSR count). The second-order valence-corrected chi connectivity index (χ2v) is 6.20. The van der Waals surface area contributed by atoms with Crippen LogP contribution in [0.25, 0.3) is 0 Å². The van der Waals surface area contributed by atoms with Crippen LogP contribution < -0.4 is 5.32 Å². The van der Waals surface area contributed by atoms with Crippen LogP contribution in [0.5, 0.6) is 0 Å². The fraction of sp³-hybridized carbons (Fsp3) is 0.294. The van der Waals surface area contributed by atoms with Crippen LogP contribution >= 0.6 is 15.9 Å². The van der Waals surface area contributed by atoms with Crippen LogP contribution in [0.2, 0.25) is 0 Å². The summed E-state index contributed by atoms with van der Waals surface area (Å²) in [5.41, 5.74) is 2.11. The number of hydrogen-bond donors (Lipinski definition) is 1. The molecule has 104 valence electrons. The highest BCUT2D eigenvalue weighted by atomic mass is 79.9. The van der Waals surface area contributed by atoms with E-state index >= 15 is 0 Å². The van der Waals surface area contributed by atoms with Gasteiger partial charge in [0.15, 0.2) is 0 Å². The van der Waals surface area contributed by atoms with Crippen LogP contribution in [0, 0.1) is 5.82 Å². The molecule has 1 N–H and O–H groups in total. The predicted molar refractivity (Wildman–Crippen MR) is 83.5 cm³/mol. The summed E-state index contributed by atoms with van der Waals surface area (Å²) < 4.78 is 15.2. The smallest absolute Gasteiger partial charge is 0.126 e. The van der Waals surface area contributed by atoms with E-state index in [1.54, 1.807) is 12.1 Å². The second kappa shape index (κ2) is 6.06. The maximum absolute atomic E-state index is 14.1. The average Bonchev–Trinajstić information content (AvgIpc) is 2.48. The molecule has 0 amide bonds. The van der Waals surface area contributed by atoms with Crippen LogP contribution in [0.15, 0.2) is 53.0 Å². The molecule has 2 atom stereocenters. The lowest BCUT2D eigenvalue weighted by Gasteiger charge is -2.33. The highest BCUT2D eigenvalue weighted by Gasteiger charge is 2.29. The zero-order valence-corrected chi connectivity index (χ0v) is 12.7. The summed E-state index contributed by atoms with van der Waals surface area (Å²) in [5.74, 6) is 0.464. The van der Waals surface area contributed by atoms with Gasteiger partial charge < -0.3 is 5.32 Å². The fourth-order valence-electron chi connectivity index (χ4n) is 3.10. The molecule has 1 saturated heterocycles. The molecular formula is C17H17BrFN. The number of nitrogens with one attached hydrogen (secondary N) is 1. The lowest BCUT2D eigenvalue weighted by Crippen LogP contribution is -2.34. The molecule has 1 fully saturated rings. The van der Waals surface area contributed by atoms with E-state index in [2.05, 4.69) is 39.4 Å². The molecule has 1 nitrogen and oxygen atoms in total. The molecule has 1 heterocycles. The summed E-state index contributed by atoms with van der Waals surface area (Å²) >= 11 is 3.53. The molecule has 1 aliphatic rings. The Hall–Kier alpha value is -1.19. The van der Waals surface area contributed by atoms with Gasteiger partial charge in [-0.1, -0.05) is 46.3 Å². The van der Waals surface area contributed by atoms with Gasteiger partial charge in [-0.05, 0) is 48.2 Å². The largest absolute Gasteiger partial charge is 0.316 e. The van der Waals surface area contributed by atoms with Crippen LogP contribution in [-0.4, -0.2) is 13.1 Å². The van der Waals surface area contributed by atoms with E-state index in [0.717, 1.165) is 29.5 Å². The van der Waals surface area contributed by atoms with Crippen LogP contribution in [0.1, 0.15) is 29.4 Å². The van der Waals surface area contributed by atoms with Gasteiger partial charge in [0, 0.05) is 16.9 Å². The minimum Gasteiger partial charge on any atom is -0.316 e. The standard InChI is InChI=1S/C17H17BrFN/c18-13-5-3-4-12(10-13)14-8-9-20-11-16(14)15-6-1-2-7-17(15)19/h1-7,10,14,16,20H,8-9,11H2. The Kier molecular flexibility index (Phi) is 4.18. The number of hydrogen-bond acceptors (Lipinski definition) is 1. The third-order valence-corrected chi connectivity index (χ3v) is 4.56. The molecule has 0 aliphatic carbocycles. The molecule has 20 heavy (non-hydrogen) atoms. The van der Waals surface area contributed by atoms with Crippen molar-refractivity contribution in [3.8, 4) is 0 Å². The average molecular weight is 334 g/mol. The third-order valence-electron chi connectivity index (χ3n) is 4.06. The Morgan fingerprint density at radius 1 is 1.05 bits per heavy atom. The maximum atomic E-state index is 14.1. The number of halogens is 2. The maximum Gasteiger partial charge on any atom is 0.126 e. The molecule has 2 aromatic carbocycles. The van der Waals surface area contributed by atoms with Gasteiger partial charge in [0.1, 0.15) is 5.82 Å². The highest BCUT2D eigenvalue weighted by molar-refractivity contribution is 9.10. The van der Waals surface area contributed by atoms with Gasteiger partial charge in [-0.15, -0.1) is 0 Å². The first-order valence-corrected chi connectivity index (χ1v) is 7.75. The Labute approximate surface area is 127 Å². The molecule has 0 spiro atoms. The minimum atomic E-state index is -0.0961. The molecule has 0 radical (unpaired) electrons. The van der Waals surface area contributed by atoms with Gasteiger partial charge in [0.05, 0.1) is 0 Å². The number of piperidine rings is 1. The van der Waals surface area contributed by atoms with Crippen molar-refractivity contribution in [2.45, 2.75) is 18.3 Å². The molecule has 0 bridgehead atoms. The van der Waals surface area contributed by atoms with E-state index in [-0.39, 0.29) is 11.7 Å². The lowest BCUT2D eigenvalue weighted by atomic mass is 9.77. The highest BCUT2D eigenvalue weighted by Crippen LogP contribution is 2.38. The van der Waals surface area contributed by atoms with Crippen LogP contribution in [0.3, 0.4) is 0 Å². The molecular weight excluding hydrogens is 317 g/mol. The quantitative estimate of drug-likeness (QED) is 0.856. The monoisotopic (exact) mass is 333 g/mol. The van der Waals surface area contributed by atoms with E-state index in [9.17, 15) is 4.39 Å². The van der Waals surface area contributed by atoms with Crippen molar-refractivity contribution in [3.05, 3.63) is 69.9 Å². The Morgan fingerprint density at radius 2 is 1.90 bits per heavy atom. The van der Waals surface area contributed by atoms with Gasteiger partial charge in [0.2, 0.25) is 0 Å². The lowest BCUT2D eigenvalue weighted by molar-refractivity contribution is 0.393. The Bertz CT molecular complexity index is 599. The van der Waals surface area contributed by atoms with Gasteiger partial charge in [-0.25, -0.2) is 4.39 Å². The zero-order valence-electron chi connectivity index (χ0n) is 11.2. The SMILES string of the molecule is Fc1ccccc1C1CNCCC1c1cccc(Br)c1. The number of rotatable bonds is 2. The molecule has 2 unspecified atom stereocenters. The molecule has 2 aromatic rings. The molecule has 1 aliphatic heterocycles. The van der Waals surface area contributed by atoms with Gasteiger partial charge in [-0.3, -0.25) is 0 Å². The van der Waals surface area contributed by atoms with Crippen molar-refractivity contribution >= 4 is 15.9 Å². The van der Waals surface area contributed by atoms with Crippen molar-refractivity contribution < 1.29 is 4.39 Å². The van der Waals surface area contributed by atoms with Gasteiger partial charge in [-0.2, -0.15) is 0 Å². The van der Waals surface area contributed by atoms with Crippen molar-refractivity contribution in [1.29, 1.82) is 0 Å². The molecule has 3 heteroatoms. The summed E-state index contributed by atoms with van der Waals surface area (Å²) in [4.78, 5) is 0. The first kappa shape index (κ1) is 13.8. The Balaban J connectivity index is 1.98. The summed E-state index contributed by atoms with van der Waals surface area (Å²) in [6, 6.07) is 15.5. The predicted octanol–water partition coefficient (Wildman–Crippen LogP) is 4.45. The molecule has 0 aromatic heterocycles. The normalized spacial score (nSPS) is 22.7. The van der Waals surface area contributed by atoms with Crippen LogP contribution in [0.4, 0.5) is 4.39 Å². The summed E-state index contributed by atoms with van der Waals surface area (Å²) in [6.07, 6.45) is 1.04. The van der Waals surface area contributed by atoms with Crippen molar-refractivity contribution in [3.63, 3.8) is 0 Å². The van der Waals surface area contributed by atoms with E-state index in [1.165, 1.54) is 5.56 Å². The summed E-state index contributed by atoms with van der Waals surface area (Å²) in [7, 11) is 0. The first-order chi connectivity index (χ1) is 9.75. The van der Waals surface area contributed by atoms with E-state index in [1.807, 2.05) is 18.2 Å². The summed E-state index contributed by atoms with van der Waals surface area (Å²) in [6.45, 7) is 1.82. The van der Waals surface area contributed by atoms with E-state index in [4.69, 9.17) is 0 Å². The van der Waals surface area contributed by atoms with Gasteiger partial charge in [0.25, 0.3) is 0 Å². The first-order valence-electron chi connectivity index (χ1n) is 6.96. The van der Waals surface area contributed by atoms with E-state index < -0.39 is 0 Å². The minimum absolute atomic E-state index is 0.0961. The van der Waals surface area contributed by atoms with Gasteiger partial charge >= 0.3 is 0 Å².